The highest BCUT2D eigenvalue weighted by atomic mass is 16.5. The number of carbonyl (C=O) groups is 1. The molecule has 0 radical (unpaired) electrons. The summed E-state index contributed by atoms with van der Waals surface area (Å²) in [7, 11) is 0. The van der Waals surface area contributed by atoms with Crippen molar-refractivity contribution in [2.24, 2.45) is 0 Å². The Bertz CT molecular complexity index is 610. The molecule has 23 heavy (non-hydrogen) atoms. The second kappa shape index (κ2) is 6.48. The first-order chi connectivity index (χ1) is 11.0. The number of hydrogen-bond acceptors (Lipinski definition) is 3. The highest BCUT2D eigenvalue weighted by molar-refractivity contribution is 5.95. The molecule has 5 heteroatoms. The quantitative estimate of drug-likeness (QED) is 0.805. The smallest absolute Gasteiger partial charge is 0.257 e. The molecule has 1 saturated heterocycles. The predicted molar refractivity (Wildman–Crippen MR) is 89.4 cm³/mol. The van der Waals surface area contributed by atoms with Crippen LogP contribution in [-0.2, 0) is 11.3 Å². The van der Waals surface area contributed by atoms with Gasteiger partial charge in [-0.25, -0.2) is 0 Å². The summed E-state index contributed by atoms with van der Waals surface area (Å²) in [6.07, 6.45) is 8.00. The normalized spacial score (nSPS) is 20.7. The van der Waals surface area contributed by atoms with E-state index in [4.69, 9.17) is 4.74 Å². The molecular weight excluding hydrogens is 290 g/mol. The van der Waals surface area contributed by atoms with E-state index in [0.29, 0.717) is 0 Å². The minimum Gasteiger partial charge on any atom is -0.370 e. The number of ether oxygens (including phenoxy) is 1. The largest absolute Gasteiger partial charge is 0.370 e. The first-order valence-electron chi connectivity index (χ1n) is 8.68. The van der Waals surface area contributed by atoms with Crippen molar-refractivity contribution in [3.63, 3.8) is 0 Å². The SMILES string of the molecule is CCCn1cc(C(=O)N2CCC3(C=C(C)CCO3)CC2)c(C)n1. The van der Waals surface area contributed by atoms with Crippen LogP contribution in [0.5, 0.6) is 0 Å². The van der Waals surface area contributed by atoms with Gasteiger partial charge in [-0.05, 0) is 39.5 Å². The van der Waals surface area contributed by atoms with Gasteiger partial charge < -0.3 is 9.64 Å². The van der Waals surface area contributed by atoms with E-state index >= 15 is 0 Å². The zero-order chi connectivity index (χ0) is 16.4. The third-order valence-electron chi connectivity index (χ3n) is 4.92. The maximum Gasteiger partial charge on any atom is 0.257 e. The van der Waals surface area contributed by atoms with E-state index in [0.717, 1.165) is 63.2 Å². The van der Waals surface area contributed by atoms with Crippen LogP contribution in [0.3, 0.4) is 0 Å². The predicted octanol–water partition coefficient (Wildman–Crippen LogP) is 2.94. The van der Waals surface area contributed by atoms with Crippen molar-refractivity contribution in [2.75, 3.05) is 19.7 Å². The third kappa shape index (κ3) is 3.34. The molecule has 1 aromatic heterocycles. The van der Waals surface area contributed by atoms with Gasteiger partial charge in [-0.3, -0.25) is 9.48 Å². The zero-order valence-corrected chi connectivity index (χ0v) is 14.5. The Morgan fingerprint density at radius 2 is 2.09 bits per heavy atom. The number of aromatic nitrogens is 2. The summed E-state index contributed by atoms with van der Waals surface area (Å²) in [6, 6.07) is 0. The standard InChI is InChI=1S/C18H27N3O2/c1-4-8-21-13-16(15(3)19-21)17(22)20-9-6-18(7-10-20)12-14(2)5-11-23-18/h12-13H,4-11H2,1-3H3. The Balaban J connectivity index is 1.68. The van der Waals surface area contributed by atoms with Crippen LogP contribution in [0.1, 0.15) is 55.6 Å². The Morgan fingerprint density at radius 1 is 1.35 bits per heavy atom. The highest BCUT2D eigenvalue weighted by Crippen LogP contribution is 2.33. The van der Waals surface area contributed by atoms with E-state index in [1.54, 1.807) is 0 Å². The number of piperidine rings is 1. The molecule has 2 aliphatic heterocycles. The fraction of sp³-hybridized carbons (Fsp3) is 0.667. The second-order valence-corrected chi connectivity index (χ2v) is 6.84. The minimum absolute atomic E-state index is 0.108. The average Bonchev–Trinajstić information content (AvgIpc) is 2.88. The molecule has 0 atom stereocenters. The van der Waals surface area contributed by atoms with Gasteiger partial charge in [0.1, 0.15) is 0 Å². The number of amides is 1. The van der Waals surface area contributed by atoms with Crippen LogP contribution < -0.4 is 0 Å². The van der Waals surface area contributed by atoms with Crippen LogP contribution in [0.4, 0.5) is 0 Å². The van der Waals surface area contributed by atoms with Crippen LogP contribution in [0.25, 0.3) is 0 Å². The lowest BCUT2D eigenvalue weighted by Crippen LogP contribution is -2.48. The number of carbonyl (C=O) groups excluding carboxylic acids is 1. The molecule has 3 rings (SSSR count). The molecule has 0 aromatic carbocycles. The molecule has 126 valence electrons. The van der Waals surface area contributed by atoms with E-state index in [1.807, 2.05) is 22.7 Å². The first-order valence-corrected chi connectivity index (χ1v) is 8.68. The van der Waals surface area contributed by atoms with Crippen molar-refractivity contribution in [3.8, 4) is 0 Å². The van der Waals surface area contributed by atoms with Gasteiger partial charge in [0.25, 0.3) is 5.91 Å². The molecule has 1 fully saturated rings. The minimum atomic E-state index is -0.138. The van der Waals surface area contributed by atoms with Crippen molar-refractivity contribution in [2.45, 2.75) is 58.6 Å². The van der Waals surface area contributed by atoms with Crippen molar-refractivity contribution in [1.29, 1.82) is 0 Å². The van der Waals surface area contributed by atoms with Gasteiger partial charge in [-0.15, -0.1) is 0 Å². The molecule has 0 saturated carbocycles. The summed E-state index contributed by atoms with van der Waals surface area (Å²) in [5.74, 6) is 0.108. The Labute approximate surface area is 138 Å². The van der Waals surface area contributed by atoms with Crippen molar-refractivity contribution in [1.82, 2.24) is 14.7 Å². The van der Waals surface area contributed by atoms with Crippen molar-refractivity contribution >= 4 is 5.91 Å². The van der Waals surface area contributed by atoms with E-state index in [2.05, 4.69) is 25.0 Å². The zero-order valence-electron chi connectivity index (χ0n) is 14.5. The van der Waals surface area contributed by atoms with Gasteiger partial charge in [0.15, 0.2) is 0 Å². The van der Waals surface area contributed by atoms with Gasteiger partial charge in [0, 0.05) is 25.8 Å². The monoisotopic (exact) mass is 317 g/mol. The molecule has 0 N–H and O–H groups in total. The van der Waals surface area contributed by atoms with E-state index in [1.165, 1.54) is 5.57 Å². The number of hydrogen-bond donors (Lipinski definition) is 0. The summed E-state index contributed by atoms with van der Waals surface area (Å²) in [5, 5.41) is 4.44. The fourth-order valence-electron chi connectivity index (χ4n) is 3.60. The molecule has 1 spiro atoms. The molecule has 0 bridgehead atoms. The maximum absolute atomic E-state index is 12.8. The lowest BCUT2D eigenvalue weighted by molar-refractivity contribution is -0.0522. The number of aryl methyl sites for hydroxylation is 2. The molecule has 1 aromatic rings. The van der Waals surface area contributed by atoms with E-state index < -0.39 is 0 Å². The molecule has 0 unspecified atom stereocenters. The first kappa shape index (κ1) is 16.2. The lowest BCUT2D eigenvalue weighted by Gasteiger charge is -2.42. The van der Waals surface area contributed by atoms with Gasteiger partial charge in [0.2, 0.25) is 0 Å². The summed E-state index contributed by atoms with van der Waals surface area (Å²) in [4.78, 5) is 14.7. The summed E-state index contributed by atoms with van der Waals surface area (Å²) >= 11 is 0. The fourth-order valence-corrected chi connectivity index (χ4v) is 3.60. The van der Waals surface area contributed by atoms with Crippen molar-refractivity contribution in [3.05, 3.63) is 29.1 Å². The lowest BCUT2D eigenvalue weighted by atomic mass is 9.87. The van der Waals surface area contributed by atoms with Crippen LogP contribution in [0, 0.1) is 6.92 Å². The molecule has 5 nitrogen and oxygen atoms in total. The Morgan fingerprint density at radius 3 is 2.74 bits per heavy atom. The average molecular weight is 317 g/mol. The molecule has 2 aliphatic rings. The van der Waals surface area contributed by atoms with Gasteiger partial charge in [-0.2, -0.15) is 5.10 Å². The maximum atomic E-state index is 12.8. The van der Waals surface area contributed by atoms with Crippen LogP contribution in [0.15, 0.2) is 17.8 Å². The van der Waals surface area contributed by atoms with Crippen LogP contribution >= 0.6 is 0 Å². The number of likely N-dealkylation sites (tertiary alicyclic amines) is 1. The Hall–Kier alpha value is -1.62. The summed E-state index contributed by atoms with van der Waals surface area (Å²) < 4.78 is 7.92. The molecule has 1 amide bonds. The Kier molecular flexibility index (Phi) is 4.57. The second-order valence-electron chi connectivity index (χ2n) is 6.84. The number of nitrogens with zero attached hydrogens (tertiary/aromatic N) is 3. The van der Waals surface area contributed by atoms with Gasteiger partial charge >= 0.3 is 0 Å². The topological polar surface area (TPSA) is 47.4 Å². The number of rotatable bonds is 3. The van der Waals surface area contributed by atoms with Crippen molar-refractivity contribution < 1.29 is 9.53 Å². The molecule has 3 heterocycles. The van der Waals surface area contributed by atoms with Gasteiger partial charge in [-0.1, -0.05) is 18.6 Å². The summed E-state index contributed by atoms with van der Waals surface area (Å²) in [6.45, 7) is 9.37. The highest BCUT2D eigenvalue weighted by Gasteiger charge is 2.37. The summed E-state index contributed by atoms with van der Waals surface area (Å²) in [5.41, 5.74) is 2.84. The van der Waals surface area contributed by atoms with Crippen LogP contribution in [-0.4, -0.2) is 45.9 Å². The van der Waals surface area contributed by atoms with E-state index in [9.17, 15) is 4.79 Å². The van der Waals surface area contributed by atoms with Crippen LogP contribution in [0.2, 0.25) is 0 Å². The van der Waals surface area contributed by atoms with Gasteiger partial charge in [0.05, 0.1) is 23.5 Å². The molecular formula is C18H27N3O2. The third-order valence-corrected chi connectivity index (χ3v) is 4.92. The van der Waals surface area contributed by atoms with E-state index in [-0.39, 0.29) is 11.5 Å². The molecule has 0 aliphatic carbocycles.